The SMILES string of the molecule is Cl.O=C(C1CCNCC1)N1CCCN(CC(F)F)CC1. The molecule has 7 heteroatoms. The highest BCUT2D eigenvalue weighted by atomic mass is 35.5. The van der Waals surface area contributed by atoms with Crippen molar-refractivity contribution in [1.29, 1.82) is 0 Å². The number of nitrogens with one attached hydrogen (secondary N) is 1. The monoisotopic (exact) mass is 311 g/mol. The molecule has 2 fully saturated rings. The van der Waals surface area contributed by atoms with Crippen LogP contribution in [0, 0.1) is 5.92 Å². The number of alkyl halides is 2. The van der Waals surface area contributed by atoms with Crippen molar-refractivity contribution in [1.82, 2.24) is 15.1 Å². The van der Waals surface area contributed by atoms with Gasteiger partial charge in [-0.05, 0) is 32.4 Å². The second-order valence-electron chi connectivity index (χ2n) is 5.39. The summed E-state index contributed by atoms with van der Waals surface area (Å²) in [6.07, 6.45) is 0.307. The fourth-order valence-electron chi connectivity index (χ4n) is 2.90. The van der Waals surface area contributed by atoms with E-state index in [2.05, 4.69) is 5.32 Å². The molecule has 0 aromatic rings. The van der Waals surface area contributed by atoms with E-state index in [4.69, 9.17) is 0 Å². The second kappa shape index (κ2) is 8.74. The summed E-state index contributed by atoms with van der Waals surface area (Å²) in [5, 5.41) is 3.25. The highest BCUT2D eigenvalue weighted by Crippen LogP contribution is 2.16. The molecule has 0 saturated carbocycles. The van der Waals surface area contributed by atoms with E-state index >= 15 is 0 Å². The van der Waals surface area contributed by atoms with Gasteiger partial charge in [0.15, 0.2) is 0 Å². The number of hydrogen-bond donors (Lipinski definition) is 1. The van der Waals surface area contributed by atoms with Crippen molar-refractivity contribution < 1.29 is 13.6 Å². The summed E-state index contributed by atoms with van der Waals surface area (Å²) < 4.78 is 24.7. The number of rotatable bonds is 3. The van der Waals surface area contributed by atoms with E-state index in [1.54, 1.807) is 4.90 Å². The Kier molecular flexibility index (Phi) is 7.69. The van der Waals surface area contributed by atoms with Crippen LogP contribution in [0.3, 0.4) is 0 Å². The van der Waals surface area contributed by atoms with Gasteiger partial charge in [-0.2, -0.15) is 0 Å². The number of nitrogens with zero attached hydrogens (tertiary/aromatic N) is 2. The molecule has 2 rings (SSSR count). The maximum absolute atomic E-state index is 12.4. The molecule has 2 saturated heterocycles. The van der Waals surface area contributed by atoms with Gasteiger partial charge in [0, 0.05) is 32.1 Å². The fourth-order valence-corrected chi connectivity index (χ4v) is 2.90. The summed E-state index contributed by atoms with van der Waals surface area (Å²) >= 11 is 0. The first-order chi connectivity index (χ1) is 9.16. The van der Waals surface area contributed by atoms with E-state index in [-0.39, 0.29) is 30.8 Å². The maximum atomic E-state index is 12.4. The van der Waals surface area contributed by atoms with E-state index in [0.29, 0.717) is 26.2 Å². The lowest BCUT2D eigenvalue weighted by molar-refractivity contribution is -0.136. The molecule has 2 heterocycles. The average molecular weight is 312 g/mol. The Hall–Kier alpha value is -0.460. The van der Waals surface area contributed by atoms with Crippen molar-refractivity contribution in [2.24, 2.45) is 5.92 Å². The number of carbonyl (C=O) groups excluding carboxylic acids is 1. The smallest absolute Gasteiger partial charge is 0.251 e. The van der Waals surface area contributed by atoms with Gasteiger partial charge in [-0.3, -0.25) is 9.69 Å². The first kappa shape index (κ1) is 17.6. The van der Waals surface area contributed by atoms with Crippen LogP contribution in [0.4, 0.5) is 8.78 Å². The normalized spacial score (nSPS) is 22.4. The number of amides is 1. The number of hydrogen-bond acceptors (Lipinski definition) is 3. The van der Waals surface area contributed by atoms with Crippen molar-refractivity contribution in [3.63, 3.8) is 0 Å². The van der Waals surface area contributed by atoms with Crippen LogP contribution < -0.4 is 5.32 Å². The minimum absolute atomic E-state index is 0. The van der Waals surface area contributed by atoms with Crippen LogP contribution in [0.2, 0.25) is 0 Å². The number of halogens is 3. The molecule has 0 aromatic heterocycles. The van der Waals surface area contributed by atoms with Crippen molar-refractivity contribution in [3.8, 4) is 0 Å². The summed E-state index contributed by atoms with van der Waals surface area (Å²) in [5.41, 5.74) is 0. The van der Waals surface area contributed by atoms with Gasteiger partial charge in [0.05, 0.1) is 6.54 Å². The van der Waals surface area contributed by atoms with E-state index in [1.807, 2.05) is 4.90 Å². The molecule has 20 heavy (non-hydrogen) atoms. The Morgan fingerprint density at radius 2 is 1.85 bits per heavy atom. The first-order valence-electron chi connectivity index (χ1n) is 7.17. The fraction of sp³-hybridized carbons (Fsp3) is 0.923. The van der Waals surface area contributed by atoms with Crippen LogP contribution in [-0.2, 0) is 4.79 Å². The quantitative estimate of drug-likeness (QED) is 0.851. The third-order valence-corrected chi connectivity index (χ3v) is 3.98. The van der Waals surface area contributed by atoms with Crippen LogP contribution in [0.15, 0.2) is 0 Å². The second-order valence-corrected chi connectivity index (χ2v) is 5.39. The molecular weight excluding hydrogens is 288 g/mol. The van der Waals surface area contributed by atoms with Crippen LogP contribution >= 0.6 is 12.4 Å². The molecule has 4 nitrogen and oxygen atoms in total. The minimum Gasteiger partial charge on any atom is -0.341 e. The predicted octanol–water partition coefficient (Wildman–Crippen LogP) is 1.21. The molecule has 0 aliphatic carbocycles. The highest BCUT2D eigenvalue weighted by molar-refractivity contribution is 5.85. The molecule has 1 amide bonds. The summed E-state index contributed by atoms with van der Waals surface area (Å²) in [4.78, 5) is 16.0. The Morgan fingerprint density at radius 3 is 2.50 bits per heavy atom. The van der Waals surface area contributed by atoms with E-state index in [0.717, 1.165) is 32.4 Å². The van der Waals surface area contributed by atoms with Crippen molar-refractivity contribution >= 4 is 18.3 Å². The minimum atomic E-state index is -2.29. The lowest BCUT2D eigenvalue weighted by Gasteiger charge is -2.28. The molecule has 2 aliphatic rings. The maximum Gasteiger partial charge on any atom is 0.251 e. The average Bonchev–Trinajstić information content (AvgIpc) is 2.64. The van der Waals surface area contributed by atoms with Crippen molar-refractivity contribution in [3.05, 3.63) is 0 Å². The summed E-state index contributed by atoms with van der Waals surface area (Å²) in [7, 11) is 0. The van der Waals surface area contributed by atoms with Crippen LogP contribution in [0.1, 0.15) is 19.3 Å². The van der Waals surface area contributed by atoms with Gasteiger partial charge in [-0.15, -0.1) is 12.4 Å². The highest BCUT2D eigenvalue weighted by Gasteiger charge is 2.27. The van der Waals surface area contributed by atoms with Crippen molar-refractivity contribution in [2.45, 2.75) is 25.7 Å². The van der Waals surface area contributed by atoms with Crippen LogP contribution in [0.5, 0.6) is 0 Å². The predicted molar refractivity (Wildman–Crippen MR) is 76.5 cm³/mol. The Bertz CT molecular complexity index is 301. The molecule has 118 valence electrons. The van der Waals surface area contributed by atoms with E-state index in [1.165, 1.54) is 0 Å². The van der Waals surface area contributed by atoms with Crippen LogP contribution in [-0.4, -0.2) is 67.9 Å². The molecule has 0 atom stereocenters. The topological polar surface area (TPSA) is 35.6 Å². The zero-order valence-corrected chi connectivity index (χ0v) is 12.5. The Balaban J connectivity index is 0.00000200. The van der Waals surface area contributed by atoms with Crippen molar-refractivity contribution in [2.75, 3.05) is 45.8 Å². The molecule has 0 bridgehead atoms. The molecule has 2 aliphatic heterocycles. The van der Waals surface area contributed by atoms with E-state index in [9.17, 15) is 13.6 Å². The number of piperidine rings is 1. The van der Waals surface area contributed by atoms with Gasteiger partial charge >= 0.3 is 0 Å². The van der Waals surface area contributed by atoms with Gasteiger partial charge in [-0.25, -0.2) is 8.78 Å². The third-order valence-electron chi connectivity index (χ3n) is 3.98. The summed E-state index contributed by atoms with van der Waals surface area (Å²) in [5.74, 6) is 0.350. The molecule has 0 aromatic carbocycles. The standard InChI is InChI=1S/C13H23F2N3O.ClH/c14-12(15)10-17-6-1-7-18(9-8-17)13(19)11-2-4-16-5-3-11;/h11-12,16H,1-10H2;1H. The zero-order chi connectivity index (χ0) is 13.7. The van der Waals surface area contributed by atoms with Gasteiger partial charge in [-0.1, -0.05) is 0 Å². The van der Waals surface area contributed by atoms with Gasteiger partial charge < -0.3 is 10.2 Å². The zero-order valence-electron chi connectivity index (χ0n) is 11.7. The van der Waals surface area contributed by atoms with Gasteiger partial charge in [0.1, 0.15) is 0 Å². The van der Waals surface area contributed by atoms with E-state index < -0.39 is 6.43 Å². The Morgan fingerprint density at radius 1 is 1.15 bits per heavy atom. The molecule has 0 spiro atoms. The van der Waals surface area contributed by atoms with Gasteiger partial charge in [0.2, 0.25) is 5.91 Å². The Labute approximate surface area is 125 Å². The lowest BCUT2D eigenvalue weighted by Crippen LogP contribution is -2.42. The molecule has 0 unspecified atom stereocenters. The first-order valence-corrected chi connectivity index (χ1v) is 7.17. The molecule has 1 N–H and O–H groups in total. The van der Waals surface area contributed by atoms with Crippen LogP contribution in [0.25, 0.3) is 0 Å². The summed E-state index contributed by atoms with van der Waals surface area (Å²) in [6, 6.07) is 0. The molecule has 0 radical (unpaired) electrons. The largest absolute Gasteiger partial charge is 0.341 e. The van der Waals surface area contributed by atoms with Gasteiger partial charge in [0.25, 0.3) is 6.43 Å². The number of carbonyl (C=O) groups is 1. The summed E-state index contributed by atoms with van der Waals surface area (Å²) in [6.45, 7) is 4.18. The third kappa shape index (κ3) is 5.14. The molecular formula is C13H24ClF2N3O. The lowest BCUT2D eigenvalue weighted by atomic mass is 9.96.